The summed E-state index contributed by atoms with van der Waals surface area (Å²) in [5.41, 5.74) is 1.96. The summed E-state index contributed by atoms with van der Waals surface area (Å²) < 4.78 is 19.4. The van der Waals surface area contributed by atoms with E-state index in [9.17, 15) is 9.00 Å². The molecule has 2 aromatic heterocycles. The van der Waals surface area contributed by atoms with Gasteiger partial charge in [0, 0.05) is 42.9 Å². The molecule has 1 unspecified atom stereocenters. The first-order valence-electron chi connectivity index (χ1n) is 9.08. The van der Waals surface area contributed by atoms with Crippen LogP contribution in [0.25, 0.3) is 11.0 Å². The second-order valence-electron chi connectivity index (χ2n) is 6.61. The third kappa shape index (κ3) is 3.00. The number of aryl methyl sites for hydroxylation is 1. The molecule has 1 aliphatic rings. The number of hydrogen-bond donors (Lipinski definition) is 0. The van der Waals surface area contributed by atoms with E-state index in [0.29, 0.717) is 31.0 Å². The quantitative estimate of drug-likeness (QED) is 0.743. The van der Waals surface area contributed by atoms with Gasteiger partial charge in [0.15, 0.2) is 5.65 Å². The van der Waals surface area contributed by atoms with E-state index in [1.165, 1.54) is 0 Å². The van der Waals surface area contributed by atoms with Gasteiger partial charge in [0.25, 0.3) is 0 Å². The Labute approximate surface area is 156 Å². The van der Waals surface area contributed by atoms with Gasteiger partial charge in [-0.05, 0) is 19.8 Å². The Hall–Kier alpha value is -1.96. The van der Waals surface area contributed by atoms with Crippen molar-refractivity contribution in [2.24, 2.45) is 7.05 Å². The lowest BCUT2D eigenvalue weighted by molar-refractivity contribution is 0.0526. The second-order valence-corrected chi connectivity index (χ2v) is 8.57. The molecule has 0 N–H and O–H groups in total. The molecule has 3 heterocycles. The predicted octanol–water partition coefficient (Wildman–Crippen LogP) is 2.27. The lowest BCUT2D eigenvalue weighted by atomic mass is 10.00. The minimum absolute atomic E-state index is 0.262. The van der Waals surface area contributed by atoms with Crippen LogP contribution in [0.1, 0.15) is 44.0 Å². The highest BCUT2D eigenvalue weighted by atomic mass is 32.2. The van der Waals surface area contributed by atoms with Crippen LogP contribution in [-0.2, 0) is 22.6 Å². The molecule has 0 saturated carbocycles. The average Bonchev–Trinajstić information content (AvgIpc) is 3.03. The molecule has 1 saturated heterocycles. The van der Waals surface area contributed by atoms with Gasteiger partial charge in [-0.25, -0.2) is 9.78 Å². The van der Waals surface area contributed by atoms with Crippen molar-refractivity contribution in [3.8, 4) is 0 Å². The number of pyridine rings is 1. The third-order valence-corrected chi connectivity index (χ3v) is 7.57. The zero-order chi connectivity index (χ0) is 18.9. The van der Waals surface area contributed by atoms with E-state index in [1.807, 2.05) is 7.05 Å². The molecule has 26 heavy (non-hydrogen) atoms. The van der Waals surface area contributed by atoms with Gasteiger partial charge in [0.05, 0.1) is 28.6 Å². The summed E-state index contributed by atoms with van der Waals surface area (Å²) in [6.45, 7) is 7.55. The largest absolute Gasteiger partial charge is 0.462 e. The van der Waals surface area contributed by atoms with Crippen LogP contribution in [-0.4, -0.2) is 55.1 Å². The van der Waals surface area contributed by atoms with Crippen LogP contribution in [0.3, 0.4) is 0 Å². The lowest BCUT2D eigenvalue weighted by Crippen LogP contribution is -2.53. The van der Waals surface area contributed by atoms with E-state index in [-0.39, 0.29) is 10.7 Å². The summed E-state index contributed by atoms with van der Waals surface area (Å²) in [5, 5.41) is 5.13. The van der Waals surface area contributed by atoms with Crippen molar-refractivity contribution >= 4 is 33.5 Å². The molecule has 7 nitrogen and oxygen atoms in total. The van der Waals surface area contributed by atoms with E-state index in [2.05, 4.69) is 28.8 Å². The molecule has 2 aromatic rings. The summed E-state index contributed by atoms with van der Waals surface area (Å²) >= 11 is 0. The fraction of sp³-hybridized carbons (Fsp3) is 0.611. The van der Waals surface area contributed by atoms with Gasteiger partial charge in [-0.15, -0.1) is 0 Å². The summed E-state index contributed by atoms with van der Waals surface area (Å²) in [6, 6.07) is 0. The second kappa shape index (κ2) is 7.34. The Morgan fingerprint density at radius 3 is 2.69 bits per heavy atom. The van der Waals surface area contributed by atoms with Crippen molar-refractivity contribution in [3.05, 3.63) is 18.0 Å². The van der Waals surface area contributed by atoms with Crippen LogP contribution in [0, 0.1) is 0 Å². The first kappa shape index (κ1) is 18.8. The van der Waals surface area contributed by atoms with Gasteiger partial charge in [0.2, 0.25) is 0 Å². The predicted molar refractivity (Wildman–Crippen MR) is 103 cm³/mol. The van der Waals surface area contributed by atoms with Crippen LogP contribution in [0.15, 0.2) is 12.4 Å². The Morgan fingerprint density at radius 1 is 1.31 bits per heavy atom. The molecular formula is C18H26N4O3S. The molecule has 1 aliphatic heterocycles. The fourth-order valence-electron chi connectivity index (χ4n) is 3.68. The topological polar surface area (TPSA) is 77.3 Å². The number of ether oxygens (including phenoxy) is 1. The lowest BCUT2D eigenvalue weighted by Gasteiger charge is -2.42. The van der Waals surface area contributed by atoms with Crippen LogP contribution >= 0.6 is 0 Å². The normalized spacial score (nSPS) is 19.7. The van der Waals surface area contributed by atoms with Crippen molar-refractivity contribution in [2.75, 3.05) is 30.3 Å². The zero-order valence-corrected chi connectivity index (χ0v) is 16.6. The number of carbonyl (C=O) groups excluding carboxylic acids is 1. The van der Waals surface area contributed by atoms with E-state index >= 15 is 0 Å². The number of hydrogen-bond acceptors (Lipinski definition) is 6. The molecular weight excluding hydrogens is 352 g/mol. The molecule has 0 spiro atoms. The molecule has 0 bridgehead atoms. The maximum Gasteiger partial charge on any atom is 0.341 e. The monoisotopic (exact) mass is 378 g/mol. The number of anilines is 1. The van der Waals surface area contributed by atoms with Crippen LogP contribution in [0.5, 0.6) is 0 Å². The van der Waals surface area contributed by atoms with Gasteiger partial charge in [-0.1, -0.05) is 13.8 Å². The molecule has 8 heteroatoms. The van der Waals surface area contributed by atoms with Gasteiger partial charge in [0.1, 0.15) is 5.56 Å². The van der Waals surface area contributed by atoms with Gasteiger partial charge < -0.3 is 9.64 Å². The molecule has 1 atom stereocenters. The molecule has 0 aromatic carbocycles. The first-order chi connectivity index (χ1) is 12.5. The molecule has 142 valence electrons. The summed E-state index contributed by atoms with van der Waals surface area (Å²) in [4.78, 5) is 19.1. The Kier molecular flexibility index (Phi) is 5.32. The van der Waals surface area contributed by atoms with Crippen LogP contribution in [0.2, 0.25) is 0 Å². The van der Waals surface area contributed by atoms with Crippen molar-refractivity contribution in [2.45, 2.75) is 38.4 Å². The van der Waals surface area contributed by atoms with E-state index in [0.717, 1.165) is 29.6 Å². The van der Waals surface area contributed by atoms with Crippen molar-refractivity contribution < 1.29 is 13.7 Å². The van der Waals surface area contributed by atoms with Gasteiger partial charge in [-0.3, -0.25) is 8.89 Å². The SMILES string of the molecule is CCOC(=O)c1cnc2c(cnn2C)c1N1CCS(=O)C(CC)(CC)C1. The number of rotatable bonds is 5. The molecule has 0 aliphatic carbocycles. The molecule has 1 fully saturated rings. The highest BCUT2D eigenvalue weighted by molar-refractivity contribution is 7.86. The minimum Gasteiger partial charge on any atom is -0.462 e. The van der Waals surface area contributed by atoms with Gasteiger partial charge >= 0.3 is 5.97 Å². The summed E-state index contributed by atoms with van der Waals surface area (Å²) in [5.74, 6) is 0.208. The maximum atomic E-state index is 12.7. The highest BCUT2D eigenvalue weighted by Gasteiger charge is 2.40. The first-order valence-corrected chi connectivity index (χ1v) is 10.4. The standard InChI is InChI=1S/C18H26N4O3S/c1-5-18(6-2)12-22(8-9-26(18)24)15-13-11-20-21(4)16(13)19-10-14(15)17(23)25-7-3/h10-11H,5-9,12H2,1-4H3. The van der Waals surface area contributed by atoms with Crippen molar-refractivity contribution in [1.29, 1.82) is 0 Å². The number of aromatic nitrogens is 3. The number of fused-ring (bicyclic) bond motifs is 1. The van der Waals surface area contributed by atoms with Crippen molar-refractivity contribution in [1.82, 2.24) is 14.8 Å². The minimum atomic E-state index is -0.875. The summed E-state index contributed by atoms with van der Waals surface area (Å²) in [7, 11) is 0.956. The zero-order valence-electron chi connectivity index (χ0n) is 15.8. The highest BCUT2D eigenvalue weighted by Crippen LogP contribution is 2.36. The van der Waals surface area contributed by atoms with Crippen molar-refractivity contribution in [3.63, 3.8) is 0 Å². The average molecular weight is 378 g/mol. The van der Waals surface area contributed by atoms with E-state index in [1.54, 1.807) is 24.0 Å². The van der Waals surface area contributed by atoms with E-state index < -0.39 is 10.8 Å². The Balaban J connectivity index is 2.14. The number of esters is 1. The van der Waals surface area contributed by atoms with Crippen LogP contribution < -0.4 is 4.90 Å². The fourth-order valence-corrected chi connectivity index (χ4v) is 5.44. The number of carbonyl (C=O) groups is 1. The smallest absolute Gasteiger partial charge is 0.341 e. The molecule has 0 amide bonds. The Bertz CT molecular complexity index is 844. The molecule has 0 radical (unpaired) electrons. The van der Waals surface area contributed by atoms with Gasteiger partial charge in [-0.2, -0.15) is 5.10 Å². The molecule has 3 rings (SSSR count). The van der Waals surface area contributed by atoms with E-state index in [4.69, 9.17) is 4.74 Å². The maximum absolute atomic E-state index is 12.7. The third-order valence-electron chi connectivity index (χ3n) is 5.34. The van der Waals surface area contributed by atoms with Crippen LogP contribution in [0.4, 0.5) is 5.69 Å². The number of nitrogens with zero attached hydrogens (tertiary/aromatic N) is 4. The Morgan fingerprint density at radius 2 is 2.04 bits per heavy atom. The summed E-state index contributed by atoms with van der Waals surface area (Å²) in [6.07, 6.45) is 4.99.